The second-order valence-corrected chi connectivity index (χ2v) is 5.58. The highest BCUT2D eigenvalue weighted by molar-refractivity contribution is 9.10. The highest BCUT2D eigenvalue weighted by Gasteiger charge is 2.23. The lowest BCUT2D eigenvalue weighted by atomic mass is 10.0. The molecule has 16 heavy (non-hydrogen) atoms. The highest BCUT2D eigenvalue weighted by atomic mass is 79.9. The van der Waals surface area contributed by atoms with Crippen LogP contribution in [0.5, 0.6) is 0 Å². The molecule has 0 aromatic heterocycles. The molecule has 0 bridgehead atoms. The van der Waals surface area contributed by atoms with Gasteiger partial charge in [-0.1, -0.05) is 27.5 Å². The Morgan fingerprint density at radius 3 is 3.06 bits per heavy atom. The van der Waals surface area contributed by atoms with Crippen molar-refractivity contribution < 1.29 is 0 Å². The van der Waals surface area contributed by atoms with Gasteiger partial charge in [0.05, 0.1) is 5.69 Å². The Bertz CT molecular complexity index is 470. The molecule has 2 heterocycles. The Morgan fingerprint density at radius 2 is 2.19 bits per heavy atom. The normalized spacial score (nSPS) is 18.9. The largest absolute Gasteiger partial charge is 0.356 e. The molecule has 0 atom stereocenters. The summed E-state index contributed by atoms with van der Waals surface area (Å²) in [5, 5.41) is 0.749. The second-order valence-electron chi connectivity index (χ2n) is 4.29. The quantitative estimate of drug-likeness (QED) is 0.703. The third kappa shape index (κ3) is 1.76. The molecule has 2 aliphatic rings. The minimum absolute atomic E-state index is 0.749. The maximum Gasteiger partial charge on any atom is 0.105 e. The first kappa shape index (κ1) is 10.6. The first-order valence-electron chi connectivity index (χ1n) is 5.54. The number of nitrogens with zero attached hydrogens (tertiary/aromatic N) is 2. The van der Waals surface area contributed by atoms with Crippen LogP contribution in [-0.4, -0.2) is 17.3 Å². The lowest BCUT2D eigenvalue weighted by Crippen LogP contribution is -2.36. The van der Waals surface area contributed by atoms with E-state index in [0.29, 0.717) is 0 Å². The smallest absolute Gasteiger partial charge is 0.105 e. The van der Waals surface area contributed by atoms with Gasteiger partial charge in [0.25, 0.3) is 0 Å². The van der Waals surface area contributed by atoms with Gasteiger partial charge in [0.15, 0.2) is 0 Å². The number of rotatable bonds is 0. The van der Waals surface area contributed by atoms with E-state index < -0.39 is 0 Å². The van der Waals surface area contributed by atoms with Gasteiger partial charge in [0, 0.05) is 34.6 Å². The summed E-state index contributed by atoms with van der Waals surface area (Å²) < 4.78 is 1.07. The molecule has 0 unspecified atom stereocenters. The van der Waals surface area contributed by atoms with Crippen LogP contribution < -0.4 is 0 Å². The third-order valence-corrected chi connectivity index (χ3v) is 4.10. The molecule has 1 saturated heterocycles. The summed E-state index contributed by atoms with van der Waals surface area (Å²) in [5.41, 5.74) is 2.29. The average Bonchev–Trinajstić information content (AvgIpc) is 2.27. The standard InChI is InChI=1S/C12H12BrClN2/c13-10-5-8(14)6-11-9(10)7-16-4-2-1-3-12(16)15-11/h5-6H,1-4,7H2. The molecule has 0 saturated carbocycles. The number of aliphatic imine (C=N–C) groups is 1. The number of amidine groups is 1. The Morgan fingerprint density at radius 1 is 1.31 bits per heavy atom. The van der Waals surface area contributed by atoms with E-state index in [1.54, 1.807) is 0 Å². The van der Waals surface area contributed by atoms with Crippen molar-refractivity contribution in [3.63, 3.8) is 0 Å². The van der Waals surface area contributed by atoms with Gasteiger partial charge in [-0.3, -0.25) is 0 Å². The molecular weight excluding hydrogens is 288 g/mol. The van der Waals surface area contributed by atoms with Gasteiger partial charge in [-0.15, -0.1) is 0 Å². The van der Waals surface area contributed by atoms with Crippen LogP contribution >= 0.6 is 27.5 Å². The van der Waals surface area contributed by atoms with E-state index in [0.717, 1.165) is 34.7 Å². The number of hydrogen-bond donors (Lipinski definition) is 0. The van der Waals surface area contributed by atoms with Crippen LogP contribution in [0.25, 0.3) is 0 Å². The zero-order valence-electron chi connectivity index (χ0n) is 8.84. The van der Waals surface area contributed by atoms with Crippen molar-refractivity contribution in [3.05, 3.63) is 27.2 Å². The molecule has 84 valence electrons. The fourth-order valence-electron chi connectivity index (χ4n) is 2.35. The highest BCUT2D eigenvalue weighted by Crippen LogP contribution is 2.36. The molecule has 1 aromatic rings. The van der Waals surface area contributed by atoms with Crippen molar-refractivity contribution in [3.8, 4) is 0 Å². The van der Waals surface area contributed by atoms with Gasteiger partial charge in [-0.2, -0.15) is 0 Å². The van der Waals surface area contributed by atoms with Crippen LogP contribution in [0.3, 0.4) is 0 Å². The van der Waals surface area contributed by atoms with Crippen LogP contribution in [0, 0.1) is 0 Å². The maximum atomic E-state index is 6.04. The van der Waals surface area contributed by atoms with Crippen LogP contribution in [0.15, 0.2) is 21.6 Å². The Labute approximate surface area is 108 Å². The van der Waals surface area contributed by atoms with Gasteiger partial charge in [-0.25, -0.2) is 4.99 Å². The molecule has 2 nitrogen and oxygen atoms in total. The minimum atomic E-state index is 0.749. The summed E-state index contributed by atoms with van der Waals surface area (Å²) in [6.07, 6.45) is 3.63. The predicted octanol–water partition coefficient (Wildman–Crippen LogP) is 4.13. The summed E-state index contributed by atoms with van der Waals surface area (Å²) >= 11 is 9.61. The van der Waals surface area contributed by atoms with E-state index in [4.69, 9.17) is 16.6 Å². The molecule has 1 aromatic carbocycles. The zero-order chi connectivity index (χ0) is 11.1. The van der Waals surface area contributed by atoms with E-state index in [1.165, 1.54) is 24.2 Å². The van der Waals surface area contributed by atoms with E-state index in [9.17, 15) is 0 Å². The van der Waals surface area contributed by atoms with Crippen molar-refractivity contribution in [1.82, 2.24) is 4.90 Å². The van der Waals surface area contributed by atoms with E-state index in [2.05, 4.69) is 20.8 Å². The van der Waals surface area contributed by atoms with Crippen molar-refractivity contribution >= 4 is 39.1 Å². The Balaban J connectivity index is 2.09. The third-order valence-electron chi connectivity index (χ3n) is 3.18. The molecule has 3 rings (SSSR count). The maximum absolute atomic E-state index is 6.04. The molecule has 4 heteroatoms. The molecule has 0 radical (unpaired) electrons. The Hall–Kier alpha value is -0.540. The summed E-state index contributed by atoms with van der Waals surface area (Å²) in [4.78, 5) is 7.10. The second kappa shape index (κ2) is 4.04. The molecule has 0 amide bonds. The number of piperidine rings is 1. The lowest BCUT2D eigenvalue weighted by molar-refractivity contribution is 0.358. The van der Waals surface area contributed by atoms with Crippen molar-refractivity contribution in [1.29, 1.82) is 0 Å². The zero-order valence-corrected chi connectivity index (χ0v) is 11.2. The van der Waals surface area contributed by atoms with E-state index in [1.807, 2.05) is 12.1 Å². The number of benzene rings is 1. The molecule has 0 aliphatic carbocycles. The molecule has 0 spiro atoms. The summed E-state index contributed by atoms with van der Waals surface area (Å²) in [5.74, 6) is 1.23. The average molecular weight is 300 g/mol. The first-order valence-corrected chi connectivity index (χ1v) is 6.71. The van der Waals surface area contributed by atoms with Crippen LogP contribution in [0.2, 0.25) is 5.02 Å². The van der Waals surface area contributed by atoms with E-state index >= 15 is 0 Å². The first-order chi connectivity index (χ1) is 7.74. The molecule has 2 aliphatic heterocycles. The monoisotopic (exact) mass is 298 g/mol. The van der Waals surface area contributed by atoms with Gasteiger partial charge in [0.1, 0.15) is 5.84 Å². The van der Waals surface area contributed by atoms with Gasteiger partial charge in [-0.05, 0) is 25.0 Å². The summed E-state index contributed by atoms with van der Waals surface area (Å²) in [7, 11) is 0. The molecule has 1 fully saturated rings. The fraction of sp³-hybridized carbons (Fsp3) is 0.417. The molecular formula is C12H12BrClN2. The SMILES string of the molecule is Clc1cc(Br)c2c(c1)N=C1CCCCN1C2. The van der Waals surface area contributed by atoms with E-state index in [-0.39, 0.29) is 0 Å². The topological polar surface area (TPSA) is 15.6 Å². The summed E-state index contributed by atoms with van der Waals surface area (Å²) in [6.45, 7) is 2.10. The minimum Gasteiger partial charge on any atom is -0.356 e. The lowest BCUT2D eigenvalue weighted by Gasteiger charge is -2.34. The fourth-order valence-corrected chi connectivity index (χ4v) is 3.27. The van der Waals surface area contributed by atoms with Crippen LogP contribution in [0.4, 0.5) is 5.69 Å². The van der Waals surface area contributed by atoms with Crippen LogP contribution in [-0.2, 0) is 6.54 Å². The molecule has 0 N–H and O–H groups in total. The number of halogens is 2. The van der Waals surface area contributed by atoms with Crippen molar-refractivity contribution in [2.75, 3.05) is 6.54 Å². The number of hydrogen-bond acceptors (Lipinski definition) is 2. The van der Waals surface area contributed by atoms with Crippen LogP contribution in [0.1, 0.15) is 24.8 Å². The van der Waals surface area contributed by atoms with Crippen molar-refractivity contribution in [2.45, 2.75) is 25.8 Å². The van der Waals surface area contributed by atoms with Gasteiger partial charge < -0.3 is 4.90 Å². The predicted molar refractivity (Wildman–Crippen MR) is 70.5 cm³/mol. The number of fused-ring (bicyclic) bond motifs is 2. The summed E-state index contributed by atoms with van der Waals surface area (Å²) in [6, 6.07) is 3.91. The van der Waals surface area contributed by atoms with Crippen molar-refractivity contribution in [2.24, 2.45) is 4.99 Å². The van der Waals surface area contributed by atoms with Gasteiger partial charge >= 0.3 is 0 Å². The Kier molecular flexibility index (Phi) is 2.68. The van der Waals surface area contributed by atoms with Gasteiger partial charge in [0.2, 0.25) is 0 Å².